The fourth-order valence-electron chi connectivity index (χ4n) is 1.50. The molecule has 0 radical (unpaired) electrons. The first-order chi connectivity index (χ1) is 8.45. The van der Waals surface area contributed by atoms with Crippen LogP contribution in [0.5, 0.6) is 0 Å². The van der Waals surface area contributed by atoms with Gasteiger partial charge in [0.2, 0.25) is 0 Å². The van der Waals surface area contributed by atoms with Crippen LogP contribution in [0.4, 0.5) is 8.78 Å². The first-order valence-corrected chi connectivity index (χ1v) is 5.69. The lowest BCUT2D eigenvalue weighted by Gasteiger charge is -2.06. The van der Waals surface area contributed by atoms with Crippen LogP contribution in [0.2, 0.25) is 0 Å². The lowest BCUT2D eigenvalue weighted by molar-refractivity contribution is 0.576. The zero-order valence-electron chi connectivity index (χ0n) is 8.91. The Bertz CT molecular complexity index is 689. The topological polar surface area (TPSA) is 54.9 Å². The summed E-state index contributed by atoms with van der Waals surface area (Å²) in [4.78, 5) is 24.7. The molecule has 18 heavy (non-hydrogen) atoms. The van der Waals surface area contributed by atoms with E-state index in [4.69, 9.17) is 0 Å². The van der Waals surface area contributed by atoms with E-state index >= 15 is 0 Å². The molecule has 0 bridgehead atoms. The van der Waals surface area contributed by atoms with Gasteiger partial charge in [-0.25, -0.2) is 13.6 Å². The molecule has 0 saturated carbocycles. The monoisotopic (exact) mass is 316 g/mol. The zero-order chi connectivity index (χ0) is 13.3. The fraction of sp³-hybridized carbons (Fsp3) is 0.0909. The minimum Gasteiger partial charge on any atom is -0.295 e. The number of aromatic nitrogens is 2. The zero-order valence-corrected chi connectivity index (χ0v) is 10.5. The smallest absolute Gasteiger partial charge is 0.295 e. The van der Waals surface area contributed by atoms with Crippen molar-refractivity contribution >= 4 is 15.9 Å². The van der Waals surface area contributed by atoms with E-state index in [-0.39, 0.29) is 16.6 Å². The number of nitrogens with one attached hydrogen (secondary N) is 1. The molecule has 2 rings (SSSR count). The summed E-state index contributed by atoms with van der Waals surface area (Å²) in [5, 5.41) is 0. The quantitative estimate of drug-likeness (QED) is 0.915. The highest BCUT2D eigenvalue weighted by Gasteiger charge is 2.05. The molecule has 7 heteroatoms. The summed E-state index contributed by atoms with van der Waals surface area (Å²) >= 11 is 2.97. The second-order valence-electron chi connectivity index (χ2n) is 3.64. The molecule has 0 fully saturated rings. The third kappa shape index (κ3) is 2.73. The Hall–Kier alpha value is -1.76. The Morgan fingerprint density at radius 2 is 1.78 bits per heavy atom. The molecule has 94 valence electrons. The second-order valence-corrected chi connectivity index (χ2v) is 4.50. The molecule has 1 aromatic heterocycles. The molecule has 1 N–H and O–H groups in total. The maximum Gasteiger partial charge on any atom is 0.328 e. The van der Waals surface area contributed by atoms with E-state index < -0.39 is 22.9 Å². The number of halogens is 3. The number of hydrogen-bond acceptors (Lipinski definition) is 2. The molecule has 0 amide bonds. The van der Waals surface area contributed by atoms with Crippen LogP contribution in [-0.4, -0.2) is 9.55 Å². The lowest BCUT2D eigenvalue weighted by Crippen LogP contribution is -2.30. The summed E-state index contributed by atoms with van der Waals surface area (Å²) in [7, 11) is 0. The van der Waals surface area contributed by atoms with E-state index in [1.807, 2.05) is 0 Å². The molecule has 0 atom stereocenters. The highest BCUT2D eigenvalue weighted by atomic mass is 79.9. The van der Waals surface area contributed by atoms with Gasteiger partial charge in [0.25, 0.3) is 5.56 Å². The van der Waals surface area contributed by atoms with Crippen molar-refractivity contribution in [1.29, 1.82) is 0 Å². The predicted molar refractivity (Wildman–Crippen MR) is 64.5 cm³/mol. The van der Waals surface area contributed by atoms with E-state index in [1.165, 1.54) is 6.20 Å². The van der Waals surface area contributed by atoms with Crippen molar-refractivity contribution in [3.8, 4) is 0 Å². The maximum absolute atomic E-state index is 13.0. The van der Waals surface area contributed by atoms with E-state index in [9.17, 15) is 18.4 Å². The van der Waals surface area contributed by atoms with Gasteiger partial charge >= 0.3 is 5.69 Å². The molecular weight excluding hydrogens is 310 g/mol. The van der Waals surface area contributed by atoms with Crippen molar-refractivity contribution in [2.24, 2.45) is 0 Å². The van der Waals surface area contributed by atoms with Gasteiger partial charge in [-0.1, -0.05) is 0 Å². The maximum atomic E-state index is 13.0. The lowest BCUT2D eigenvalue weighted by atomic mass is 10.2. The molecule has 2 aromatic rings. The summed E-state index contributed by atoms with van der Waals surface area (Å²) in [6.45, 7) is -0.0388. The number of rotatable bonds is 2. The third-order valence-electron chi connectivity index (χ3n) is 2.24. The van der Waals surface area contributed by atoms with E-state index in [0.29, 0.717) is 0 Å². The fourth-order valence-corrected chi connectivity index (χ4v) is 1.85. The van der Waals surface area contributed by atoms with Crippen LogP contribution in [0.25, 0.3) is 0 Å². The largest absolute Gasteiger partial charge is 0.328 e. The van der Waals surface area contributed by atoms with Crippen molar-refractivity contribution in [2.45, 2.75) is 6.54 Å². The molecule has 0 saturated heterocycles. The Morgan fingerprint density at radius 3 is 2.39 bits per heavy atom. The standard InChI is InChI=1S/C11H7BrF2N2O2/c12-9-5-16(11(18)15-10(9)17)4-6-1-7(13)3-8(14)2-6/h1-3,5H,4H2,(H,15,17,18). The normalized spacial score (nSPS) is 10.6. The minimum absolute atomic E-state index is 0.0388. The van der Waals surface area contributed by atoms with Crippen molar-refractivity contribution in [2.75, 3.05) is 0 Å². The van der Waals surface area contributed by atoms with Gasteiger partial charge < -0.3 is 0 Å². The highest BCUT2D eigenvalue weighted by molar-refractivity contribution is 9.10. The van der Waals surface area contributed by atoms with Crippen LogP contribution < -0.4 is 11.2 Å². The van der Waals surface area contributed by atoms with Gasteiger partial charge in [0.05, 0.1) is 11.0 Å². The molecule has 0 spiro atoms. The summed E-state index contributed by atoms with van der Waals surface area (Å²) in [6.07, 6.45) is 1.27. The molecule has 0 aliphatic rings. The van der Waals surface area contributed by atoms with Gasteiger partial charge in [-0.2, -0.15) is 0 Å². The van der Waals surface area contributed by atoms with Crippen LogP contribution >= 0.6 is 15.9 Å². The van der Waals surface area contributed by atoms with Crippen molar-refractivity contribution < 1.29 is 8.78 Å². The highest BCUT2D eigenvalue weighted by Crippen LogP contribution is 2.09. The molecule has 0 aliphatic heterocycles. The van der Waals surface area contributed by atoms with Crippen LogP contribution in [0.15, 0.2) is 38.5 Å². The van der Waals surface area contributed by atoms with Crippen molar-refractivity contribution in [3.63, 3.8) is 0 Å². The number of H-pyrrole nitrogens is 1. The molecular formula is C11H7BrF2N2O2. The number of hydrogen-bond donors (Lipinski definition) is 1. The first kappa shape index (κ1) is 12.7. The van der Waals surface area contributed by atoms with Crippen LogP contribution in [0.3, 0.4) is 0 Å². The summed E-state index contributed by atoms with van der Waals surface area (Å²) in [5.41, 5.74) is -0.914. The first-order valence-electron chi connectivity index (χ1n) is 4.90. The van der Waals surface area contributed by atoms with Crippen LogP contribution in [0.1, 0.15) is 5.56 Å². The number of benzene rings is 1. The Labute approximate surface area is 108 Å². The summed E-state index contributed by atoms with van der Waals surface area (Å²) in [5.74, 6) is -1.44. The summed E-state index contributed by atoms with van der Waals surface area (Å²) in [6, 6.07) is 2.98. The van der Waals surface area contributed by atoms with E-state index in [0.717, 1.165) is 22.8 Å². The molecule has 1 heterocycles. The third-order valence-corrected chi connectivity index (χ3v) is 2.81. The van der Waals surface area contributed by atoms with Crippen LogP contribution in [0, 0.1) is 11.6 Å². The summed E-state index contributed by atoms with van der Waals surface area (Å²) < 4.78 is 27.3. The molecule has 0 unspecified atom stereocenters. The van der Waals surface area contributed by atoms with Gasteiger partial charge in [0.15, 0.2) is 0 Å². The van der Waals surface area contributed by atoms with Gasteiger partial charge in [0, 0.05) is 12.3 Å². The molecule has 4 nitrogen and oxygen atoms in total. The Morgan fingerprint density at radius 1 is 1.17 bits per heavy atom. The number of aromatic amines is 1. The van der Waals surface area contributed by atoms with E-state index in [1.54, 1.807) is 0 Å². The predicted octanol–water partition coefficient (Wildman–Crippen LogP) is 1.63. The van der Waals surface area contributed by atoms with E-state index in [2.05, 4.69) is 20.9 Å². The molecule has 1 aromatic carbocycles. The van der Waals surface area contributed by atoms with Gasteiger partial charge in [-0.05, 0) is 33.6 Å². The van der Waals surface area contributed by atoms with Gasteiger partial charge in [-0.3, -0.25) is 14.3 Å². The Balaban J connectivity index is 2.43. The van der Waals surface area contributed by atoms with Crippen LogP contribution in [-0.2, 0) is 6.54 Å². The SMILES string of the molecule is O=c1[nH]c(=O)n(Cc2cc(F)cc(F)c2)cc1Br. The van der Waals surface area contributed by atoms with Gasteiger partial charge in [0.1, 0.15) is 11.6 Å². The van der Waals surface area contributed by atoms with Gasteiger partial charge in [-0.15, -0.1) is 0 Å². The molecule has 0 aliphatic carbocycles. The second kappa shape index (κ2) is 4.85. The number of nitrogens with zero attached hydrogens (tertiary/aromatic N) is 1. The van der Waals surface area contributed by atoms with Crippen molar-refractivity contribution in [1.82, 2.24) is 9.55 Å². The van der Waals surface area contributed by atoms with Crippen molar-refractivity contribution in [3.05, 3.63) is 66.9 Å². The minimum atomic E-state index is -0.721. The average Bonchev–Trinajstić information content (AvgIpc) is 2.24. The average molecular weight is 317 g/mol. The Kier molecular flexibility index (Phi) is 3.42.